The molecule has 0 aliphatic carbocycles. The van der Waals surface area contributed by atoms with Gasteiger partial charge in [-0.1, -0.05) is 5.16 Å². The minimum atomic E-state index is 0.695. The molecule has 0 spiro atoms. The van der Waals surface area contributed by atoms with Crippen molar-refractivity contribution in [2.24, 2.45) is 0 Å². The molecule has 0 radical (unpaired) electrons. The summed E-state index contributed by atoms with van der Waals surface area (Å²) in [6.45, 7) is 0. The molecule has 1 atom stereocenters. The fourth-order valence-electron chi connectivity index (χ4n) is 1.44. The highest BCUT2D eigenvalue weighted by Crippen LogP contribution is 2.30. The van der Waals surface area contributed by atoms with Crippen molar-refractivity contribution >= 4 is 17.4 Å². The lowest BCUT2D eigenvalue weighted by atomic mass is 10.1. The molecule has 3 nitrogen and oxygen atoms in total. The van der Waals surface area contributed by atoms with E-state index in [9.17, 15) is 0 Å². The van der Waals surface area contributed by atoms with Crippen LogP contribution in [-0.2, 0) is 6.42 Å². The van der Waals surface area contributed by atoms with Crippen LogP contribution in [0.1, 0.15) is 18.6 Å². The van der Waals surface area contributed by atoms with Crippen LogP contribution in [0.15, 0.2) is 10.7 Å². The molecule has 1 fully saturated rings. The topological polar surface area (TPSA) is 52.0 Å². The zero-order valence-electron chi connectivity index (χ0n) is 6.82. The van der Waals surface area contributed by atoms with Crippen LogP contribution in [0, 0.1) is 0 Å². The maximum Gasteiger partial charge on any atom is 0.160 e. The van der Waals surface area contributed by atoms with E-state index >= 15 is 0 Å². The summed E-state index contributed by atoms with van der Waals surface area (Å²) in [6, 6.07) is 0. The zero-order valence-corrected chi connectivity index (χ0v) is 7.64. The van der Waals surface area contributed by atoms with Crippen LogP contribution in [0.25, 0.3) is 0 Å². The van der Waals surface area contributed by atoms with Crippen molar-refractivity contribution in [2.45, 2.75) is 24.5 Å². The van der Waals surface area contributed by atoms with Gasteiger partial charge in [-0.25, -0.2) is 0 Å². The molecule has 2 N–H and O–H groups in total. The predicted molar refractivity (Wildman–Crippen MR) is 50.1 cm³/mol. The first kappa shape index (κ1) is 7.98. The quantitative estimate of drug-likeness (QED) is 0.760. The van der Waals surface area contributed by atoms with Crippen LogP contribution in [0.5, 0.6) is 0 Å². The Kier molecular flexibility index (Phi) is 2.26. The molecular weight excluding hydrogens is 172 g/mol. The van der Waals surface area contributed by atoms with Gasteiger partial charge in [-0.15, -0.1) is 0 Å². The summed E-state index contributed by atoms with van der Waals surface area (Å²) in [5, 5.41) is 4.35. The summed E-state index contributed by atoms with van der Waals surface area (Å²) < 4.78 is 5.04. The van der Waals surface area contributed by atoms with Crippen molar-refractivity contribution in [3.05, 3.63) is 12.0 Å². The average Bonchev–Trinajstić information content (AvgIpc) is 2.65. The van der Waals surface area contributed by atoms with Gasteiger partial charge in [-0.2, -0.15) is 11.8 Å². The van der Waals surface area contributed by atoms with Gasteiger partial charge < -0.3 is 10.3 Å². The molecule has 1 aliphatic heterocycles. The maximum absolute atomic E-state index is 5.65. The molecule has 2 rings (SSSR count). The van der Waals surface area contributed by atoms with Crippen molar-refractivity contribution in [1.29, 1.82) is 0 Å². The van der Waals surface area contributed by atoms with Gasteiger partial charge in [0.25, 0.3) is 0 Å². The van der Waals surface area contributed by atoms with Gasteiger partial charge in [-0.3, -0.25) is 0 Å². The number of hydrogen-bond donors (Lipinski definition) is 1. The van der Waals surface area contributed by atoms with Crippen molar-refractivity contribution in [2.75, 3.05) is 11.5 Å². The normalized spacial score (nSPS) is 23.2. The van der Waals surface area contributed by atoms with Gasteiger partial charge in [0.05, 0.1) is 11.9 Å². The third-order valence-corrected chi connectivity index (χ3v) is 3.51. The number of thioether (sulfide) groups is 1. The van der Waals surface area contributed by atoms with E-state index in [0.717, 1.165) is 12.2 Å². The summed E-state index contributed by atoms with van der Waals surface area (Å²) >= 11 is 2.01. The van der Waals surface area contributed by atoms with Gasteiger partial charge >= 0.3 is 0 Å². The first-order valence-corrected chi connectivity index (χ1v) is 5.22. The second-order valence-electron chi connectivity index (χ2n) is 3.04. The van der Waals surface area contributed by atoms with Gasteiger partial charge in [0, 0.05) is 11.7 Å². The van der Waals surface area contributed by atoms with Crippen molar-refractivity contribution in [1.82, 2.24) is 5.16 Å². The van der Waals surface area contributed by atoms with Crippen LogP contribution in [-0.4, -0.2) is 16.2 Å². The molecule has 1 aromatic heterocycles. The molecule has 12 heavy (non-hydrogen) atoms. The molecule has 1 aliphatic rings. The zero-order chi connectivity index (χ0) is 8.39. The summed E-state index contributed by atoms with van der Waals surface area (Å²) in [7, 11) is 0. The Morgan fingerprint density at radius 1 is 1.75 bits per heavy atom. The van der Waals surface area contributed by atoms with Crippen LogP contribution < -0.4 is 5.73 Å². The highest BCUT2D eigenvalue weighted by molar-refractivity contribution is 8.00. The van der Waals surface area contributed by atoms with Crippen LogP contribution in [0.2, 0.25) is 0 Å². The first-order valence-electron chi connectivity index (χ1n) is 4.17. The van der Waals surface area contributed by atoms with E-state index in [2.05, 4.69) is 5.16 Å². The standard InChI is InChI=1S/C8H12N2OS/c9-7-5-10-11-8(7)4-6-2-1-3-12-6/h5-6H,1-4,9H2. The van der Waals surface area contributed by atoms with Crippen molar-refractivity contribution in [3.63, 3.8) is 0 Å². The SMILES string of the molecule is Nc1cnoc1CC1CCCS1. The Labute approximate surface area is 75.7 Å². The monoisotopic (exact) mass is 184 g/mol. The third-order valence-electron chi connectivity index (χ3n) is 2.11. The van der Waals surface area contributed by atoms with Gasteiger partial charge in [0.2, 0.25) is 0 Å². The number of nitrogens with two attached hydrogens (primary N) is 1. The van der Waals surface area contributed by atoms with E-state index in [1.54, 1.807) is 6.20 Å². The van der Waals surface area contributed by atoms with E-state index in [-0.39, 0.29) is 0 Å². The Balaban J connectivity index is 1.98. The van der Waals surface area contributed by atoms with E-state index < -0.39 is 0 Å². The molecule has 4 heteroatoms. The second-order valence-corrected chi connectivity index (χ2v) is 4.45. The fourth-order valence-corrected chi connectivity index (χ4v) is 2.71. The van der Waals surface area contributed by atoms with Crippen LogP contribution in [0.3, 0.4) is 0 Å². The molecule has 1 saturated heterocycles. The largest absolute Gasteiger partial charge is 0.395 e. The Bertz CT molecular complexity index is 255. The molecule has 0 saturated carbocycles. The summed E-state index contributed by atoms with van der Waals surface area (Å²) in [6.07, 6.45) is 5.12. The number of aromatic nitrogens is 1. The molecular formula is C8H12N2OS. The van der Waals surface area contributed by atoms with E-state index in [1.165, 1.54) is 18.6 Å². The lowest BCUT2D eigenvalue weighted by Gasteiger charge is -2.04. The van der Waals surface area contributed by atoms with Crippen LogP contribution >= 0.6 is 11.8 Å². The van der Waals surface area contributed by atoms with Gasteiger partial charge in [0.15, 0.2) is 5.76 Å². The lowest BCUT2D eigenvalue weighted by Crippen LogP contribution is -2.02. The minimum Gasteiger partial charge on any atom is -0.395 e. The van der Waals surface area contributed by atoms with Gasteiger partial charge in [-0.05, 0) is 18.6 Å². The number of nitrogens with zero attached hydrogens (tertiary/aromatic N) is 1. The first-order chi connectivity index (χ1) is 5.86. The third kappa shape index (κ3) is 1.58. The molecule has 0 aromatic carbocycles. The Morgan fingerprint density at radius 2 is 2.67 bits per heavy atom. The average molecular weight is 184 g/mol. The highest BCUT2D eigenvalue weighted by Gasteiger charge is 2.18. The number of nitrogen functional groups attached to an aromatic ring is 1. The second kappa shape index (κ2) is 3.39. The molecule has 66 valence electrons. The smallest absolute Gasteiger partial charge is 0.160 e. The number of hydrogen-bond acceptors (Lipinski definition) is 4. The molecule has 0 bridgehead atoms. The Morgan fingerprint density at radius 3 is 3.25 bits per heavy atom. The maximum atomic E-state index is 5.65. The summed E-state index contributed by atoms with van der Waals surface area (Å²) in [4.78, 5) is 0. The van der Waals surface area contributed by atoms with Crippen LogP contribution in [0.4, 0.5) is 5.69 Å². The lowest BCUT2D eigenvalue weighted by molar-refractivity contribution is 0.382. The number of anilines is 1. The molecule has 2 heterocycles. The number of rotatable bonds is 2. The fraction of sp³-hybridized carbons (Fsp3) is 0.625. The highest BCUT2D eigenvalue weighted by atomic mass is 32.2. The molecule has 1 aromatic rings. The van der Waals surface area contributed by atoms with E-state index in [1.807, 2.05) is 11.8 Å². The minimum absolute atomic E-state index is 0.695. The summed E-state index contributed by atoms with van der Waals surface area (Å²) in [5.41, 5.74) is 6.35. The van der Waals surface area contributed by atoms with Crippen molar-refractivity contribution in [3.8, 4) is 0 Å². The molecule has 0 amide bonds. The molecule has 1 unspecified atom stereocenters. The Hall–Kier alpha value is -0.640. The van der Waals surface area contributed by atoms with E-state index in [0.29, 0.717) is 10.9 Å². The predicted octanol–water partition coefficient (Wildman–Crippen LogP) is 1.69. The van der Waals surface area contributed by atoms with E-state index in [4.69, 9.17) is 10.3 Å². The van der Waals surface area contributed by atoms with Crippen molar-refractivity contribution < 1.29 is 4.52 Å². The van der Waals surface area contributed by atoms with Gasteiger partial charge in [0.1, 0.15) is 0 Å². The summed E-state index contributed by atoms with van der Waals surface area (Å²) in [5.74, 6) is 2.13.